The van der Waals surface area contributed by atoms with Crippen LogP contribution in [-0.2, 0) is 9.53 Å². The predicted octanol–water partition coefficient (Wildman–Crippen LogP) is 1.60. The summed E-state index contributed by atoms with van der Waals surface area (Å²) in [5, 5.41) is 0. The Morgan fingerprint density at radius 1 is 1.54 bits per heavy atom. The molecule has 1 heterocycles. The number of rotatable bonds is 1. The lowest BCUT2D eigenvalue weighted by Crippen LogP contribution is -2.00. The Labute approximate surface area is 76.5 Å². The van der Waals surface area contributed by atoms with E-state index in [-0.39, 0.29) is 6.10 Å². The van der Waals surface area contributed by atoms with Crippen LogP contribution in [0.1, 0.15) is 30.3 Å². The zero-order valence-electron chi connectivity index (χ0n) is 7.36. The van der Waals surface area contributed by atoms with Crippen LogP contribution in [0, 0.1) is 0 Å². The molecule has 0 fully saturated rings. The van der Waals surface area contributed by atoms with Crippen LogP contribution >= 0.6 is 0 Å². The summed E-state index contributed by atoms with van der Waals surface area (Å²) < 4.78 is 5.41. The lowest BCUT2D eigenvalue weighted by atomic mass is 10.0. The molecule has 0 amide bonds. The van der Waals surface area contributed by atoms with E-state index < -0.39 is 6.10 Å². The summed E-state index contributed by atoms with van der Waals surface area (Å²) in [6.45, 7) is 1.92. The maximum Gasteiger partial charge on any atom is 0.153 e. The number of ether oxygens (including phenoxy) is 1. The van der Waals surface area contributed by atoms with E-state index in [0.29, 0.717) is 5.69 Å². The van der Waals surface area contributed by atoms with Gasteiger partial charge in [0, 0.05) is 11.3 Å². The van der Waals surface area contributed by atoms with E-state index in [9.17, 15) is 4.79 Å². The molecule has 0 aliphatic carbocycles. The van der Waals surface area contributed by atoms with Crippen molar-refractivity contribution in [3.63, 3.8) is 0 Å². The maximum atomic E-state index is 10.7. The monoisotopic (exact) mass is 177 g/mol. The van der Waals surface area contributed by atoms with E-state index in [2.05, 4.69) is 0 Å². The Bertz CT molecular complexity index is 349. The molecule has 0 bridgehead atoms. The molecule has 2 rings (SSSR count). The van der Waals surface area contributed by atoms with Gasteiger partial charge in [0.05, 0.1) is 6.10 Å². The minimum atomic E-state index is -0.480. The first-order valence-corrected chi connectivity index (χ1v) is 4.23. The second kappa shape index (κ2) is 2.85. The van der Waals surface area contributed by atoms with E-state index in [0.717, 1.165) is 17.4 Å². The van der Waals surface area contributed by atoms with Crippen LogP contribution in [-0.4, -0.2) is 6.29 Å². The van der Waals surface area contributed by atoms with Crippen LogP contribution in [0.5, 0.6) is 0 Å². The van der Waals surface area contributed by atoms with Crippen molar-refractivity contribution in [3.8, 4) is 0 Å². The highest BCUT2D eigenvalue weighted by atomic mass is 16.5. The summed E-state index contributed by atoms with van der Waals surface area (Å²) in [4.78, 5) is 10.7. The molecule has 0 saturated carbocycles. The molecule has 68 valence electrons. The molecule has 1 aliphatic rings. The van der Waals surface area contributed by atoms with Crippen molar-refractivity contribution in [1.82, 2.24) is 0 Å². The zero-order valence-corrected chi connectivity index (χ0v) is 7.36. The van der Waals surface area contributed by atoms with Gasteiger partial charge in [-0.15, -0.1) is 0 Å². The van der Waals surface area contributed by atoms with Crippen LogP contribution in [0.25, 0.3) is 0 Å². The third-order valence-electron chi connectivity index (χ3n) is 2.37. The number of nitrogens with two attached hydrogens (primary N) is 1. The molecule has 0 spiro atoms. The molecule has 0 saturated heterocycles. The van der Waals surface area contributed by atoms with Gasteiger partial charge in [-0.05, 0) is 18.6 Å². The van der Waals surface area contributed by atoms with Gasteiger partial charge in [-0.3, -0.25) is 0 Å². The van der Waals surface area contributed by atoms with Crippen LogP contribution in [0.4, 0.5) is 5.69 Å². The van der Waals surface area contributed by atoms with Crippen molar-refractivity contribution in [3.05, 3.63) is 29.3 Å². The normalized spacial score (nSPS) is 25.6. The first-order chi connectivity index (χ1) is 6.24. The number of hydrogen-bond acceptors (Lipinski definition) is 3. The predicted molar refractivity (Wildman–Crippen MR) is 49.2 cm³/mol. The van der Waals surface area contributed by atoms with E-state index in [1.165, 1.54) is 0 Å². The van der Waals surface area contributed by atoms with Gasteiger partial charge in [-0.1, -0.05) is 12.1 Å². The Morgan fingerprint density at radius 3 is 3.00 bits per heavy atom. The fraction of sp³-hybridized carbons (Fsp3) is 0.300. The molecule has 13 heavy (non-hydrogen) atoms. The number of aldehydes is 1. The lowest BCUT2D eigenvalue weighted by Gasteiger charge is -2.04. The van der Waals surface area contributed by atoms with Crippen LogP contribution in [0.15, 0.2) is 18.2 Å². The molecule has 2 unspecified atom stereocenters. The Balaban J connectivity index is 2.58. The lowest BCUT2D eigenvalue weighted by molar-refractivity contribution is -0.119. The van der Waals surface area contributed by atoms with Crippen molar-refractivity contribution in [2.75, 3.05) is 5.73 Å². The third kappa shape index (κ3) is 1.12. The highest BCUT2D eigenvalue weighted by molar-refractivity contribution is 5.69. The molecule has 0 aromatic heterocycles. The molecule has 2 N–H and O–H groups in total. The molecule has 1 aliphatic heterocycles. The van der Waals surface area contributed by atoms with Crippen LogP contribution < -0.4 is 5.73 Å². The van der Waals surface area contributed by atoms with Crippen molar-refractivity contribution in [2.24, 2.45) is 0 Å². The van der Waals surface area contributed by atoms with Crippen LogP contribution in [0.2, 0.25) is 0 Å². The van der Waals surface area contributed by atoms with E-state index in [1.54, 1.807) is 6.07 Å². The number of carbonyl (C=O) groups is 1. The maximum absolute atomic E-state index is 10.7. The zero-order chi connectivity index (χ0) is 9.42. The highest BCUT2D eigenvalue weighted by Gasteiger charge is 2.29. The Hall–Kier alpha value is -1.35. The SMILES string of the molecule is CC1OC(C=O)c2c(N)cccc21. The fourth-order valence-electron chi connectivity index (χ4n) is 1.75. The summed E-state index contributed by atoms with van der Waals surface area (Å²) in [6, 6.07) is 5.61. The van der Waals surface area contributed by atoms with Gasteiger partial charge in [0.2, 0.25) is 0 Å². The van der Waals surface area contributed by atoms with Gasteiger partial charge in [-0.25, -0.2) is 0 Å². The first-order valence-electron chi connectivity index (χ1n) is 4.23. The van der Waals surface area contributed by atoms with Gasteiger partial charge < -0.3 is 15.3 Å². The molecule has 1 aromatic rings. The summed E-state index contributed by atoms with van der Waals surface area (Å²) in [5.41, 5.74) is 8.26. The second-order valence-corrected chi connectivity index (χ2v) is 3.19. The van der Waals surface area contributed by atoms with Crippen molar-refractivity contribution >= 4 is 12.0 Å². The summed E-state index contributed by atoms with van der Waals surface area (Å²) in [5.74, 6) is 0. The number of benzene rings is 1. The van der Waals surface area contributed by atoms with Crippen molar-refractivity contribution in [2.45, 2.75) is 19.1 Å². The number of fused-ring (bicyclic) bond motifs is 1. The second-order valence-electron chi connectivity index (χ2n) is 3.19. The fourth-order valence-corrected chi connectivity index (χ4v) is 1.75. The minimum Gasteiger partial charge on any atom is -0.398 e. The molecule has 1 aromatic carbocycles. The topological polar surface area (TPSA) is 52.3 Å². The van der Waals surface area contributed by atoms with Crippen molar-refractivity contribution < 1.29 is 9.53 Å². The third-order valence-corrected chi connectivity index (χ3v) is 2.37. The standard InChI is InChI=1S/C10H11NO2/c1-6-7-3-2-4-8(11)10(7)9(5-12)13-6/h2-6,9H,11H2,1H3. The number of carbonyl (C=O) groups excluding carboxylic acids is 1. The molecule has 3 nitrogen and oxygen atoms in total. The number of nitrogen functional groups attached to an aromatic ring is 1. The van der Waals surface area contributed by atoms with Gasteiger partial charge >= 0.3 is 0 Å². The highest BCUT2D eigenvalue weighted by Crippen LogP contribution is 2.40. The van der Waals surface area contributed by atoms with Crippen LogP contribution in [0.3, 0.4) is 0 Å². The van der Waals surface area contributed by atoms with Gasteiger partial charge in [0.25, 0.3) is 0 Å². The summed E-state index contributed by atoms with van der Waals surface area (Å²) >= 11 is 0. The smallest absolute Gasteiger partial charge is 0.153 e. The largest absolute Gasteiger partial charge is 0.398 e. The number of anilines is 1. The van der Waals surface area contributed by atoms with E-state index in [1.807, 2.05) is 19.1 Å². The molecule has 2 atom stereocenters. The van der Waals surface area contributed by atoms with Crippen molar-refractivity contribution in [1.29, 1.82) is 0 Å². The van der Waals surface area contributed by atoms with E-state index >= 15 is 0 Å². The summed E-state index contributed by atoms with van der Waals surface area (Å²) in [7, 11) is 0. The average molecular weight is 177 g/mol. The summed E-state index contributed by atoms with van der Waals surface area (Å²) in [6.07, 6.45) is 0.276. The van der Waals surface area contributed by atoms with Gasteiger partial charge in [0.15, 0.2) is 6.29 Å². The first kappa shape index (κ1) is 8.26. The quantitative estimate of drug-likeness (QED) is 0.523. The van der Waals surface area contributed by atoms with E-state index in [4.69, 9.17) is 10.5 Å². The Kier molecular flexibility index (Phi) is 1.81. The number of hydrogen-bond donors (Lipinski definition) is 1. The molecule has 3 heteroatoms. The Morgan fingerprint density at radius 2 is 2.31 bits per heavy atom. The molecular weight excluding hydrogens is 166 g/mol. The molecule has 0 radical (unpaired) electrons. The minimum absolute atomic E-state index is 0.0336. The van der Waals surface area contributed by atoms with Gasteiger partial charge in [0.1, 0.15) is 6.10 Å². The molecular formula is C10H11NO2. The average Bonchev–Trinajstić information content (AvgIpc) is 2.45. The van der Waals surface area contributed by atoms with Gasteiger partial charge in [-0.2, -0.15) is 0 Å².